The number of hydroxylamine groups is 1. The van der Waals surface area contributed by atoms with Crippen LogP contribution in [0.1, 0.15) is 96.8 Å². The first kappa shape index (κ1) is 26.9. The van der Waals surface area contributed by atoms with Gasteiger partial charge in [0.1, 0.15) is 0 Å². The lowest BCUT2D eigenvalue weighted by Crippen LogP contribution is -2.31. The molecular formula is C25H43NO3S. The number of sulfonamides is 1. The molecule has 1 rings (SSSR count). The highest BCUT2D eigenvalue weighted by atomic mass is 32.2. The molecule has 0 fully saturated rings. The molecule has 4 nitrogen and oxygen atoms in total. The zero-order valence-electron chi connectivity index (χ0n) is 19.1. The van der Waals surface area contributed by atoms with Gasteiger partial charge in [-0.15, -0.1) is 6.58 Å². The van der Waals surface area contributed by atoms with Crippen LogP contribution in [0.2, 0.25) is 0 Å². The second-order valence-corrected chi connectivity index (χ2v) is 9.85. The summed E-state index contributed by atoms with van der Waals surface area (Å²) in [5, 5.41) is 0. The smallest absolute Gasteiger partial charge is 0.265 e. The Balaban J connectivity index is 2.06. The highest BCUT2D eigenvalue weighted by Gasteiger charge is 2.24. The van der Waals surface area contributed by atoms with Gasteiger partial charge in [0, 0.05) is 0 Å². The van der Waals surface area contributed by atoms with Crippen LogP contribution in [-0.2, 0) is 14.9 Å². The van der Waals surface area contributed by atoms with Crippen molar-refractivity contribution in [3.63, 3.8) is 0 Å². The number of nitrogens with zero attached hydrogens (tertiary/aromatic N) is 1. The third kappa shape index (κ3) is 11.9. The number of hydrogen-bond donors (Lipinski definition) is 0. The third-order valence-corrected chi connectivity index (χ3v) is 6.98. The molecule has 0 bridgehead atoms. The van der Waals surface area contributed by atoms with E-state index in [1.165, 1.54) is 77.0 Å². The minimum absolute atomic E-state index is 0.149. The molecule has 1 aromatic carbocycles. The predicted molar refractivity (Wildman–Crippen MR) is 127 cm³/mol. The van der Waals surface area contributed by atoms with Crippen LogP contribution in [-0.4, -0.2) is 26.0 Å². The van der Waals surface area contributed by atoms with Crippen LogP contribution >= 0.6 is 0 Å². The van der Waals surface area contributed by atoms with E-state index in [0.29, 0.717) is 6.61 Å². The van der Waals surface area contributed by atoms with Crippen LogP contribution in [0.4, 0.5) is 0 Å². The van der Waals surface area contributed by atoms with Gasteiger partial charge in [-0.2, -0.15) is 0 Å². The maximum atomic E-state index is 12.7. The molecule has 5 heteroatoms. The van der Waals surface area contributed by atoms with Crippen LogP contribution in [0.15, 0.2) is 47.9 Å². The summed E-state index contributed by atoms with van der Waals surface area (Å²) < 4.78 is 26.4. The van der Waals surface area contributed by atoms with Crippen molar-refractivity contribution in [2.75, 3.05) is 13.2 Å². The Labute approximate surface area is 185 Å². The standard InChI is InChI=1S/C25H43NO3S/c1-3-5-6-7-8-9-10-11-12-13-14-15-16-20-24-29-26(23-4-2)30(27,28)25-21-18-17-19-22-25/h4,17-19,21-22H,2-3,5-16,20,23-24H2,1H3. The van der Waals surface area contributed by atoms with Gasteiger partial charge in [0.15, 0.2) is 0 Å². The predicted octanol–water partition coefficient (Wildman–Crippen LogP) is 7.28. The molecule has 0 spiro atoms. The average Bonchev–Trinajstić information content (AvgIpc) is 2.76. The van der Waals surface area contributed by atoms with Gasteiger partial charge < -0.3 is 0 Å². The van der Waals surface area contributed by atoms with E-state index in [4.69, 9.17) is 4.84 Å². The molecule has 0 radical (unpaired) electrons. The molecule has 0 atom stereocenters. The van der Waals surface area contributed by atoms with Gasteiger partial charge >= 0.3 is 0 Å². The lowest BCUT2D eigenvalue weighted by Gasteiger charge is -2.20. The first-order chi connectivity index (χ1) is 14.6. The van der Waals surface area contributed by atoms with Crippen molar-refractivity contribution in [3.8, 4) is 0 Å². The summed E-state index contributed by atoms with van der Waals surface area (Å²) in [6.07, 6.45) is 19.7. The van der Waals surface area contributed by atoms with Crippen molar-refractivity contribution >= 4 is 10.0 Å². The monoisotopic (exact) mass is 437 g/mol. The normalized spacial score (nSPS) is 11.8. The maximum Gasteiger partial charge on any atom is 0.265 e. The quantitative estimate of drug-likeness (QED) is 0.122. The Morgan fingerprint density at radius 3 is 1.73 bits per heavy atom. The van der Waals surface area contributed by atoms with E-state index >= 15 is 0 Å². The minimum atomic E-state index is -3.64. The van der Waals surface area contributed by atoms with E-state index in [9.17, 15) is 8.42 Å². The molecule has 0 saturated heterocycles. The van der Waals surface area contributed by atoms with Crippen LogP contribution < -0.4 is 0 Å². The van der Waals surface area contributed by atoms with Crippen LogP contribution in [0.25, 0.3) is 0 Å². The van der Waals surface area contributed by atoms with Crippen LogP contribution in [0, 0.1) is 0 Å². The summed E-state index contributed by atoms with van der Waals surface area (Å²) in [4.78, 5) is 5.83. The fourth-order valence-electron chi connectivity index (χ4n) is 3.50. The Bertz CT molecular complexity index is 631. The van der Waals surface area contributed by atoms with Crippen LogP contribution in [0.3, 0.4) is 0 Å². The summed E-state index contributed by atoms with van der Waals surface area (Å²) in [6, 6.07) is 8.40. The second kappa shape index (κ2) is 17.5. The average molecular weight is 438 g/mol. The summed E-state index contributed by atoms with van der Waals surface area (Å²) in [6.45, 7) is 6.47. The molecule has 0 aromatic heterocycles. The Morgan fingerprint density at radius 1 is 0.800 bits per heavy atom. The molecule has 172 valence electrons. The van der Waals surface area contributed by atoms with Crippen LogP contribution in [0.5, 0.6) is 0 Å². The van der Waals surface area contributed by atoms with E-state index in [2.05, 4.69) is 13.5 Å². The number of hydrogen-bond acceptors (Lipinski definition) is 3. The van der Waals surface area contributed by atoms with E-state index in [0.717, 1.165) is 17.3 Å². The fraction of sp³-hybridized carbons (Fsp3) is 0.680. The van der Waals surface area contributed by atoms with Crippen molar-refractivity contribution in [2.45, 2.75) is 102 Å². The Kier molecular flexibility index (Phi) is 15.7. The molecule has 0 heterocycles. The van der Waals surface area contributed by atoms with Gasteiger partial charge in [-0.1, -0.05) is 119 Å². The zero-order valence-corrected chi connectivity index (χ0v) is 19.9. The molecule has 0 N–H and O–H groups in total. The van der Waals surface area contributed by atoms with Crippen molar-refractivity contribution in [1.82, 2.24) is 4.47 Å². The highest BCUT2D eigenvalue weighted by Crippen LogP contribution is 2.17. The van der Waals surface area contributed by atoms with Gasteiger partial charge in [-0.3, -0.25) is 4.84 Å². The van der Waals surface area contributed by atoms with Crippen molar-refractivity contribution in [2.24, 2.45) is 0 Å². The molecule has 0 saturated carbocycles. The molecule has 1 aromatic rings. The van der Waals surface area contributed by atoms with Crippen molar-refractivity contribution in [3.05, 3.63) is 43.0 Å². The first-order valence-corrected chi connectivity index (χ1v) is 13.4. The van der Waals surface area contributed by atoms with Gasteiger partial charge in [-0.25, -0.2) is 8.42 Å². The highest BCUT2D eigenvalue weighted by molar-refractivity contribution is 7.89. The zero-order chi connectivity index (χ0) is 21.9. The summed E-state index contributed by atoms with van der Waals surface area (Å²) in [5.74, 6) is 0. The topological polar surface area (TPSA) is 46.6 Å². The molecule has 0 unspecified atom stereocenters. The second-order valence-electron chi connectivity index (χ2n) is 8.02. The molecule has 0 amide bonds. The SMILES string of the molecule is C=CCN(OCCCCCCCCCCCCCCCC)S(=O)(=O)c1ccccc1. The molecule has 30 heavy (non-hydrogen) atoms. The van der Waals surface area contributed by atoms with Gasteiger partial charge in [-0.05, 0) is 18.6 Å². The van der Waals surface area contributed by atoms with Crippen molar-refractivity contribution in [1.29, 1.82) is 0 Å². The lowest BCUT2D eigenvalue weighted by molar-refractivity contribution is -0.0777. The van der Waals surface area contributed by atoms with Gasteiger partial charge in [0.05, 0.1) is 18.0 Å². The Hall–Kier alpha value is -1.17. The number of rotatable bonds is 20. The molecule has 0 aliphatic rings. The van der Waals surface area contributed by atoms with Gasteiger partial charge in [0.2, 0.25) is 0 Å². The maximum absolute atomic E-state index is 12.7. The Morgan fingerprint density at radius 2 is 1.27 bits per heavy atom. The lowest BCUT2D eigenvalue weighted by atomic mass is 10.0. The third-order valence-electron chi connectivity index (χ3n) is 5.32. The fourth-order valence-corrected chi connectivity index (χ4v) is 4.75. The molecule has 0 aliphatic heterocycles. The van der Waals surface area contributed by atoms with E-state index in [1.54, 1.807) is 36.4 Å². The number of benzene rings is 1. The summed E-state index contributed by atoms with van der Waals surface area (Å²) >= 11 is 0. The number of unbranched alkanes of at least 4 members (excludes halogenated alkanes) is 13. The van der Waals surface area contributed by atoms with Gasteiger partial charge in [0.25, 0.3) is 10.0 Å². The largest absolute Gasteiger partial charge is 0.284 e. The summed E-state index contributed by atoms with van der Waals surface area (Å²) in [7, 11) is -3.64. The molecule has 0 aliphatic carbocycles. The van der Waals surface area contributed by atoms with E-state index < -0.39 is 10.0 Å². The first-order valence-electron chi connectivity index (χ1n) is 11.9. The molecular weight excluding hydrogens is 394 g/mol. The minimum Gasteiger partial charge on any atom is -0.284 e. The van der Waals surface area contributed by atoms with E-state index in [-0.39, 0.29) is 11.4 Å². The van der Waals surface area contributed by atoms with Crippen molar-refractivity contribution < 1.29 is 13.3 Å². The summed E-state index contributed by atoms with van der Waals surface area (Å²) in [5.41, 5.74) is 0. The van der Waals surface area contributed by atoms with E-state index in [1.807, 2.05) is 0 Å².